The summed E-state index contributed by atoms with van der Waals surface area (Å²) in [6, 6.07) is 59.5. The lowest BCUT2D eigenvalue weighted by Crippen LogP contribution is -1.94. The number of furan rings is 1. The Kier molecular flexibility index (Phi) is 6.15. The van der Waals surface area contributed by atoms with Crippen LogP contribution < -0.4 is 0 Å². The molecular formula is C45H29N3O. The third-order valence-electron chi connectivity index (χ3n) is 9.57. The number of para-hydroxylation sites is 1. The zero-order valence-corrected chi connectivity index (χ0v) is 26.5. The molecule has 0 amide bonds. The summed E-state index contributed by atoms with van der Waals surface area (Å²) >= 11 is 0. The third kappa shape index (κ3) is 4.28. The van der Waals surface area contributed by atoms with Gasteiger partial charge in [0.25, 0.3) is 0 Å². The van der Waals surface area contributed by atoms with Crippen molar-refractivity contribution in [2.24, 2.45) is 0 Å². The predicted molar refractivity (Wildman–Crippen MR) is 201 cm³/mol. The molecule has 4 heterocycles. The Morgan fingerprint density at radius 1 is 0.469 bits per heavy atom. The van der Waals surface area contributed by atoms with Crippen molar-refractivity contribution in [1.29, 1.82) is 0 Å². The van der Waals surface area contributed by atoms with E-state index in [2.05, 4.69) is 167 Å². The summed E-state index contributed by atoms with van der Waals surface area (Å²) in [7, 11) is 0. The molecule has 10 rings (SSSR count). The molecule has 0 fully saturated rings. The molecule has 230 valence electrons. The Balaban J connectivity index is 1.18. The van der Waals surface area contributed by atoms with E-state index < -0.39 is 0 Å². The molecule has 0 aliphatic heterocycles. The minimum absolute atomic E-state index is 0.886. The summed E-state index contributed by atoms with van der Waals surface area (Å²) in [6.45, 7) is 0. The normalized spacial score (nSPS) is 11.7. The fraction of sp³-hybridized carbons (Fsp3) is 0. The number of rotatable bonds is 5. The van der Waals surface area contributed by atoms with Crippen molar-refractivity contribution in [2.45, 2.75) is 0 Å². The van der Waals surface area contributed by atoms with Crippen LogP contribution in [0.3, 0.4) is 0 Å². The summed E-state index contributed by atoms with van der Waals surface area (Å²) in [4.78, 5) is 5.09. The molecule has 0 N–H and O–H groups in total. The van der Waals surface area contributed by atoms with E-state index in [1.165, 1.54) is 0 Å². The molecule has 0 aliphatic rings. The number of pyridine rings is 1. The van der Waals surface area contributed by atoms with E-state index in [0.717, 1.165) is 89.1 Å². The number of nitrogens with zero attached hydrogens (tertiary/aromatic N) is 3. The van der Waals surface area contributed by atoms with Gasteiger partial charge < -0.3 is 8.98 Å². The minimum atomic E-state index is 0.886. The smallest absolute Gasteiger partial charge is 0.145 e. The number of benzene rings is 6. The van der Waals surface area contributed by atoms with Crippen LogP contribution in [0.4, 0.5) is 0 Å². The number of fused-ring (bicyclic) bond motifs is 6. The van der Waals surface area contributed by atoms with Crippen LogP contribution in [0.25, 0.3) is 89.1 Å². The molecule has 6 aromatic carbocycles. The summed E-state index contributed by atoms with van der Waals surface area (Å²) in [5.41, 5.74) is 12.7. The highest BCUT2D eigenvalue weighted by Crippen LogP contribution is 2.46. The number of hydrogen-bond donors (Lipinski definition) is 0. The van der Waals surface area contributed by atoms with E-state index in [1.54, 1.807) is 0 Å². The fourth-order valence-electron chi connectivity index (χ4n) is 7.41. The van der Waals surface area contributed by atoms with Crippen molar-refractivity contribution < 1.29 is 4.42 Å². The van der Waals surface area contributed by atoms with Crippen LogP contribution >= 0.6 is 0 Å². The molecule has 0 atom stereocenters. The highest BCUT2D eigenvalue weighted by atomic mass is 16.3. The average Bonchev–Trinajstić information content (AvgIpc) is 3.86. The third-order valence-corrected chi connectivity index (χ3v) is 9.57. The van der Waals surface area contributed by atoms with E-state index in [1.807, 2.05) is 18.2 Å². The van der Waals surface area contributed by atoms with Gasteiger partial charge in [-0.2, -0.15) is 0 Å². The van der Waals surface area contributed by atoms with Crippen LogP contribution in [0.5, 0.6) is 0 Å². The average molecular weight is 628 g/mol. The first kappa shape index (κ1) is 27.5. The topological polar surface area (TPSA) is 35.4 Å². The molecule has 0 aliphatic carbocycles. The lowest BCUT2D eigenvalue weighted by molar-refractivity contribution is 0.636. The summed E-state index contributed by atoms with van der Waals surface area (Å²) in [5.74, 6) is 0.886. The van der Waals surface area contributed by atoms with Gasteiger partial charge in [-0.05, 0) is 48.0 Å². The van der Waals surface area contributed by atoms with Gasteiger partial charge in [-0.15, -0.1) is 0 Å². The van der Waals surface area contributed by atoms with Crippen LogP contribution in [-0.4, -0.2) is 14.0 Å². The fourth-order valence-corrected chi connectivity index (χ4v) is 7.41. The van der Waals surface area contributed by atoms with Crippen LogP contribution in [0, 0.1) is 0 Å². The second-order valence-corrected chi connectivity index (χ2v) is 12.4. The molecule has 4 heteroatoms. The Morgan fingerprint density at radius 3 is 1.88 bits per heavy atom. The standard InChI is InChI=1S/C45H29N3O/c1-4-14-30(15-5-1)40-36-27-28-38-41(45(36)49-44(40)33-18-8-3-9-19-33)35-20-10-11-21-37(35)48(38)34-25-23-31(24-26-34)42-43(32-16-6-2-7-17-32)47-29-13-12-22-39(47)46-42/h1-29H. The largest absolute Gasteiger partial charge is 0.455 e. The Morgan fingerprint density at radius 2 is 1.12 bits per heavy atom. The molecule has 0 radical (unpaired) electrons. The lowest BCUT2D eigenvalue weighted by atomic mass is 9.98. The molecule has 0 spiro atoms. The Hall–Kier alpha value is -6.65. The first-order valence-corrected chi connectivity index (χ1v) is 16.6. The van der Waals surface area contributed by atoms with Gasteiger partial charge >= 0.3 is 0 Å². The zero-order chi connectivity index (χ0) is 32.3. The van der Waals surface area contributed by atoms with Gasteiger partial charge in [0.1, 0.15) is 17.0 Å². The first-order valence-electron chi connectivity index (χ1n) is 16.6. The maximum absolute atomic E-state index is 6.95. The monoisotopic (exact) mass is 627 g/mol. The van der Waals surface area contributed by atoms with Crippen molar-refractivity contribution in [1.82, 2.24) is 14.0 Å². The molecule has 0 bridgehead atoms. The van der Waals surface area contributed by atoms with Gasteiger partial charge in [0.2, 0.25) is 0 Å². The number of hydrogen-bond acceptors (Lipinski definition) is 2. The van der Waals surface area contributed by atoms with E-state index >= 15 is 0 Å². The van der Waals surface area contributed by atoms with Crippen LogP contribution in [0.15, 0.2) is 180 Å². The minimum Gasteiger partial charge on any atom is -0.455 e. The molecule has 0 saturated heterocycles. The first-order chi connectivity index (χ1) is 24.3. The second-order valence-electron chi connectivity index (χ2n) is 12.4. The molecular weight excluding hydrogens is 599 g/mol. The van der Waals surface area contributed by atoms with Crippen molar-refractivity contribution in [2.75, 3.05) is 0 Å². The van der Waals surface area contributed by atoms with Gasteiger partial charge in [0.05, 0.1) is 27.8 Å². The van der Waals surface area contributed by atoms with E-state index in [4.69, 9.17) is 9.40 Å². The number of imidazole rings is 1. The summed E-state index contributed by atoms with van der Waals surface area (Å²) < 4.78 is 11.5. The van der Waals surface area contributed by atoms with Crippen LogP contribution in [0.1, 0.15) is 0 Å². The van der Waals surface area contributed by atoms with Gasteiger partial charge in [0.15, 0.2) is 0 Å². The SMILES string of the molecule is c1ccc(-c2oc3c(ccc4c3c3ccccc3n4-c3ccc(-c4nc5ccccn5c4-c4ccccc4)cc3)c2-c2ccccc2)cc1. The van der Waals surface area contributed by atoms with Gasteiger partial charge in [-0.1, -0.05) is 127 Å². The van der Waals surface area contributed by atoms with Gasteiger partial charge in [-0.25, -0.2) is 4.98 Å². The molecule has 4 aromatic heterocycles. The van der Waals surface area contributed by atoms with Crippen LogP contribution in [0.2, 0.25) is 0 Å². The van der Waals surface area contributed by atoms with Crippen molar-refractivity contribution in [3.63, 3.8) is 0 Å². The highest BCUT2D eigenvalue weighted by Gasteiger charge is 2.23. The molecule has 0 saturated carbocycles. The Labute approximate surface area is 282 Å². The van der Waals surface area contributed by atoms with Gasteiger partial charge in [-0.3, -0.25) is 4.40 Å². The number of aromatic nitrogens is 3. The quantitative estimate of drug-likeness (QED) is 0.190. The molecule has 0 unspecified atom stereocenters. The maximum Gasteiger partial charge on any atom is 0.145 e. The summed E-state index contributed by atoms with van der Waals surface area (Å²) in [5, 5.41) is 3.38. The zero-order valence-electron chi connectivity index (χ0n) is 26.5. The van der Waals surface area contributed by atoms with Crippen molar-refractivity contribution in [3.8, 4) is 50.7 Å². The van der Waals surface area contributed by atoms with Gasteiger partial charge in [0, 0.05) is 44.9 Å². The van der Waals surface area contributed by atoms with Crippen molar-refractivity contribution in [3.05, 3.63) is 176 Å². The highest BCUT2D eigenvalue weighted by molar-refractivity contribution is 6.22. The van der Waals surface area contributed by atoms with E-state index in [9.17, 15) is 0 Å². The van der Waals surface area contributed by atoms with Crippen molar-refractivity contribution >= 4 is 38.4 Å². The molecule has 10 aromatic rings. The molecule has 4 nitrogen and oxygen atoms in total. The second kappa shape index (κ2) is 11.0. The lowest BCUT2D eigenvalue weighted by Gasteiger charge is -2.10. The Bertz CT molecular complexity index is 2790. The predicted octanol–water partition coefficient (Wildman–Crippen LogP) is 11.8. The maximum atomic E-state index is 6.95. The van der Waals surface area contributed by atoms with E-state index in [0.29, 0.717) is 0 Å². The summed E-state index contributed by atoms with van der Waals surface area (Å²) in [6.07, 6.45) is 2.09. The molecule has 49 heavy (non-hydrogen) atoms. The van der Waals surface area contributed by atoms with Crippen LogP contribution in [-0.2, 0) is 0 Å². The van der Waals surface area contributed by atoms with E-state index in [-0.39, 0.29) is 0 Å².